The molecule has 3 aromatic rings. The van der Waals surface area contributed by atoms with Crippen molar-refractivity contribution in [3.63, 3.8) is 0 Å². The summed E-state index contributed by atoms with van der Waals surface area (Å²) < 4.78 is 0. The number of benzene rings is 3. The highest BCUT2D eigenvalue weighted by molar-refractivity contribution is 6.14. The van der Waals surface area contributed by atoms with E-state index in [2.05, 4.69) is 68.5 Å². The molecule has 2 unspecified atom stereocenters. The van der Waals surface area contributed by atoms with E-state index in [1.807, 2.05) is 0 Å². The maximum Gasteiger partial charge on any atom is 0.0671 e. The van der Waals surface area contributed by atoms with E-state index in [1.54, 1.807) is 0 Å². The zero-order chi connectivity index (χ0) is 16.7. The number of aryl methyl sites for hydroxylation is 2. The van der Waals surface area contributed by atoms with E-state index < -0.39 is 0 Å². The maximum atomic E-state index is 5.10. The number of hydrogen-bond acceptors (Lipinski definition) is 1. The molecule has 3 aromatic carbocycles. The van der Waals surface area contributed by atoms with Crippen molar-refractivity contribution < 1.29 is 0 Å². The third-order valence-corrected chi connectivity index (χ3v) is 6.25. The van der Waals surface area contributed by atoms with Gasteiger partial charge in [-0.1, -0.05) is 48.6 Å². The van der Waals surface area contributed by atoms with E-state index in [-0.39, 0.29) is 0 Å². The van der Waals surface area contributed by atoms with Gasteiger partial charge in [-0.2, -0.15) is 0 Å². The van der Waals surface area contributed by atoms with Crippen molar-refractivity contribution in [1.29, 1.82) is 0 Å². The number of para-hydroxylation sites is 1. The van der Waals surface area contributed by atoms with Crippen LogP contribution in [0.4, 0.5) is 5.69 Å². The summed E-state index contributed by atoms with van der Waals surface area (Å²) in [4.78, 5) is 5.10. The summed E-state index contributed by atoms with van der Waals surface area (Å²) in [5.74, 6) is 0.646. The molecule has 1 heterocycles. The van der Waals surface area contributed by atoms with Gasteiger partial charge < -0.3 is 0 Å². The summed E-state index contributed by atoms with van der Waals surface area (Å²) in [6.45, 7) is 4.52. The van der Waals surface area contributed by atoms with Gasteiger partial charge in [0, 0.05) is 11.6 Å². The van der Waals surface area contributed by atoms with Crippen LogP contribution in [-0.4, -0.2) is 5.71 Å². The molecule has 0 spiro atoms. The maximum absolute atomic E-state index is 5.10. The number of nitrogens with zero attached hydrogens (tertiary/aromatic N) is 1. The third kappa shape index (κ3) is 1.57. The van der Waals surface area contributed by atoms with Crippen LogP contribution in [0.25, 0.3) is 10.8 Å². The first-order valence-corrected chi connectivity index (χ1v) is 9.13. The van der Waals surface area contributed by atoms with Gasteiger partial charge in [-0.25, -0.2) is 0 Å². The molecule has 0 radical (unpaired) electrons. The lowest BCUT2D eigenvalue weighted by Gasteiger charge is -2.34. The van der Waals surface area contributed by atoms with E-state index in [1.165, 1.54) is 49.9 Å². The fraction of sp³-hybridized carbons (Fsp3) is 0.208. The minimum atomic E-state index is 0.314. The summed E-state index contributed by atoms with van der Waals surface area (Å²) in [7, 11) is 0. The summed E-state index contributed by atoms with van der Waals surface area (Å²) in [5, 5.41) is 2.96. The highest BCUT2D eigenvalue weighted by Gasteiger charge is 2.40. The number of hydrogen-bond donors (Lipinski definition) is 0. The molecule has 0 N–H and O–H groups in total. The second-order valence-electron chi connectivity index (χ2n) is 7.63. The predicted octanol–water partition coefficient (Wildman–Crippen LogP) is 5.88. The minimum absolute atomic E-state index is 0.314. The van der Waals surface area contributed by atoms with Gasteiger partial charge in [-0.05, 0) is 70.5 Å². The Balaban J connectivity index is 1.82. The van der Waals surface area contributed by atoms with Gasteiger partial charge in [-0.3, -0.25) is 4.99 Å². The van der Waals surface area contributed by atoms with Crippen LogP contribution in [0.15, 0.2) is 59.6 Å². The molecule has 0 bridgehead atoms. The monoisotopic (exact) mass is 321 g/mol. The smallest absolute Gasteiger partial charge is 0.0671 e. The first kappa shape index (κ1) is 13.6. The molecule has 2 atom stereocenters. The van der Waals surface area contributed by atoms with E-state index in [9.17, 15) is 0 Å². The second kappa shape index (κ2) is 4.49. The highest BCUT2D eigenvalue weighted by atomic mass is 14.8. The average Bonchev–Trinajstić information content (AvgIpc) is 3.01. The summed E-state index contributed by atoms with van der Waals surface area (Å²) >= 11 is 0. The van der Waals surface area contributed by atoms with E-state index in [0.29, 0.717) is 11.8 Å². The predicted molar refractivity (Wildman–Crippen MR) is 104 cm³/mol. The van der Waals surface area contributed by atoms with Gasteiger partial charge in [0.05, 0.1) is 11.6 Å². The van der Waals surface area contributed by atoms with Gasteiger partial charge in [0.15, 0.2) is 0 Å². The van der Waals surface area contributed by atoms with Gasteiger partial charge >= 0.3 is 0 Å². The van der Waals surface area contributed by atoms with Crippen LogP contribution in [-0.2, 0) is 6.42 Å². The molecule has 1 aliphatic heterocycles. The van der Waals surface area contributed by atoms with Crippen LogP contribution in [0.2, 0.25) is 0 Å². The topological polar surface area (TPSA) is 12.4 Å². The van der Waals surface area contributed by atoms with Crippen LogP contribution in [0, 0.1) is 13.8 Å². The number of rotatable bonds is 0. The van der Waals surface area contributed by atoms with Crippen molar-refractivity contribution in [3.05, 3.63) is 88.0 Å². The molecule has 0 saturated heterocycles. The van der Waals surface area contributed by atoms with Crippen molar-refractivity contribution in [2.75, 3.05) is 0 Å². The minimum Gasteiger partial charge on any atom is -0.256 e. The SMILES string of the molecule is Cc1ccc2c3c4c(cc(C)c13)CC=CC4C1=Nc3ccccc3C12. The zero-order valence-electron chi connectivity index (χ0n) is 14.5. The first-order valence-electron chi connectivity index (χ1n) is 9.13. The zero-order valence-corrected chi connectivity index (χ0v) is 14.5. The van der Waals surface area contributed by atoms with Crippen LogP contribution < -0.4 is 0 Å². The Morgan fingerprint density at radius 2 is 1.80 bits per heavy atom. The van der Waals surface area contributed by atoms with E-state index >= 15 is 0 Å². The van der Waals surface area contributed by atoms with Gasteiger partial charge in [0.25, 0.3) is 0 Å². The van der Waals surface area contributed by atoms with Crippen molar-refractivity contribution in [1.82, 2.24) is 0 Å². The Labute approximate surface area is 147 Å². The molecule has 1 nitrogen and oxygen atoms in total. The number of aliphatic imine (C=N–C) groups is 1. The average molecular weight is 321 g/mol. The normalized spacial score (nSPS) is 21.9. The molecule has 3 aliphatic rings. The van der Waals surface area contributed by atoms with Gasteiger partial charge in [-0.15, -0.1) is 0 Å². The molecule has 0 amide bonds. The van der Waals surface area contributed by atoms with E-state index in [4.69, 9.17) is 4.99 Å². The Morgan fingerprint density at radius 3 is 2.72 bits per heavy atom. The Bertz CT molecular complexity index is 1150. The molecular weight excluding hydrogens is 302 g/mol. The van der Waals surface area contributed by atoms with Crippen molar-refractivity contribution in [3.8, 4) is 0 Å². The molecule has 120 valence electrons. The standard InChI is InChI=1S/C24H19N/c1-13-10-11-17-22-16-7-3-4-9-19(16)25-24(22)18-8-5-6-15-12-14(2)20(13)23(17)21(15)18/h3-5,7-12,18,22H,6H2,1-2H3. The summed E-state index contributed by atoms with van der Waals surface area (Å²) in [6.07, 6.45) is 5.77. The van der Waals surface area contributed by atoms with Crippen LogP contribution in [0.5, 0.6) is 0 Å². The fourth-order valence-corrected chi connectivity index (χ4v) is 5.30. The van der Waals surface area contributed by atoms with Crippen LogP contribution in [0.3, 0.4) is 0 Å². The van der Waals surface area contributed by atoms with Gasteiger partial charge in [0.2, 0.25) is 0 Å². The molecular formula is C24H19N. The molecule has 0 saturated carbocycles. The van der Waals surface area contributed by atoms with Crippen molar-refractivity contribution in [2.45, 2.75) is 32.1 Å². The molecule has 1 heteroatoms. The summed E-state index contributed by atoms with van der Waals surface area (Å²) in [5.41, 5.74) is 11.1. The lowest BCUT2D eigenvalue weighted by Crippen LogP contribution is -2.26. The largest absolute Gasteiger partial charge is 0.256 e. The van der Waals surface area contributed by atoms with Crippen molar-refractivity contribution in [2.24, 2.45) is 4.99 Å². The van der Waals surface area contributed by atoms with Crippen LogP contribution >= 0.6 is 0 Å². The molecule has 2 aliphatic carbocycles. The Kier molecular flexibility index (Phi) is 2.44. The third-order valence-electron chi connectivity index (χ3n) is 6.25. The summed E-state index contributed by atoms with van der Waals surface area (Å²) in [6, 6.07) is 15.7. The second-order valence-corrected chi connectivity index (χ2v) is 7.63. The molecule has 0 fully saturated rings. The van der Waals surface area contributed by atoms with Crippen LogP contribution in [0.1, 0.15) is 45.2 Å². The molecule has 0 aromatic heterocycles. The number of fused-ring (bicyclic) bond motifs is 5. The molecule has 6 rings (SSSR count). The van der Waals surface area contributed by atoms with Gasteiger partial charge in [0.1, 0.15) is 0 Å². The fourth-order valence-electron chi connectivity index (χ4n) is 5.30. The Hall–Kier alpha value is -2.67. The van der Waals surface area contributed by atoms with Crippen molar-refractivity contribution >= 4 is 22.2 Å². The molecule has 25 heavy (non-hydrogen) atoms. The van der Waals surface area contributed by atoms with E-state index in [0.717, 1.165) is 12.1 Å². The first-order chi connectivity index (χ1) is 12.2. The Morgan fingerprint density at radius 1 is 0.920 bits per heavy atom. The number of allylic oxidation sites excluding steroid dienone is 2. The lowest BCUT2D eigenvalue weighted by molar-refractivity contribution is 0.955. The highest BCUT2D eigenvalue weighted by Crippen LogP contribution is 2.53. The lowest BCUT2D eigenvalue weighted by atomic mass is 9.68. The quantitative estimate of drug-likeness (QED) is 0.458.